The number of hydrogen-bond donors (Lipinski definition) is 1. The molecule has 1 N–H and O–H groups in total. The van der Waals surface area contributed by atoms with Gasteiger partial charge in [0.25, 0.3) is 5.56 Å². The Hall–Kier alpha value is -2.04. The van der Waals surface area contributed by atoms with E-state index in [0.717, 1.165) is 5.56 Å². The van der Waals surface area contributed by atoms with Crippen molar-refractivity contribution in [3.8, 4) is 0 Å². The Kier molecular flexibility index (Phi) is 2.76. The van der Waals surface area contributed by atoms with Gasteiger partial charge in [0.2, 0.25) is 0 Å². The van der Waals surface area contributed by atoms with E-state index in [9.17, 15) is 9.59 Å². The first-order valence-corrected chi connectivity index (χ1v) is 5.04. The Balaban J connectivity index is 2.41. The monoisotopic (exact) mass is 220 g/mol. The van der Waals surface area contributed by atoms with Crippen LogP contribution in [0.1, 0.15) is 18.1 Å². The van der Waals surface area contributed by atoms with Crippen LogP contribution in [0, 0.1) is 0 Å². The summed E-state index contributed by atoms with van der Waals surface area (Å²) in [5.74, 6) is 0. The van der Waals surface area contributed by atoms with Crippen LogP contribution < -0.4 is 11.2 Å². The summed E-state index contributed by atoms with van der Waals surface area (Å²) in [7, 11) is 0. The highest BCUT2D eigenvalue weighted by Crippen LogP contribution is 2.01. The zero-order valence-electron chi connectivity index (χ0n) is 8.90. The van der Waals surface area contributed by atoms with Crippen molar-refractivity contribution in [2.24, 2.45) is 0 Å². The van der Waals surface area contributed by atoms with Crippen molar-refractivity contribution in [2.75, 3.05) is 0 Å². The summed E-state index contributed by atoms with van der Waals surface area (Å²) in [5, 5.41) is 0. The summed E-state index contributed by atoms with van der Waals surface area (Å²) >= 11 is 0. The number of aromatic amines is 1. The van der Waals surface area contributed by atoms with Crippen molar-refractivity contribution >= 4 is 0 Å². The van der Waals surface area contributed by atoms with Crippen LogP contribution >= 0.6 is 0 Å². The summed E-state index contributed by atoms with van der Waals surface area (Å²) in [5.41, 5.74) is 0.777. The predicted octanol–water partition coefficient (Wildman–Crippen LogP) is 0.740. The second-order valence-electron chi connectivity index (χ2n) is 3.53. The molecule has 5 nitrogen and oxygen atoms in total. The lowest BCUT2D eigenvalue weighted by Gasteiger charge is -2.04. The molecule has 2 aromatic rings. The average Bonchev–Trinajstić information content (AvgIpc) is 2.75. The Morgan fingerprint density at radius 3 is 2.88 bits per heavy atom. The van der Waals surface area contributed by atoms with E-state index in [1.54, 1.807) is 24.8 Å². The largest absolute Gasteiger partial charge is 0.472 e. The van der Waals surface area contributed by atoms with Crippen LogP contribution in [-0.4, -0.2) is 9.55 Å². The lowest BCUT2D eigenvalue weighted by molar-refractivity contribution is 0.561. The lowest BCUT2D eigenvalue weighted by atomic mass is 10.2. The molecule has 2 aromatic heterocycles. The number of aromatic nitrogens is 2. The molecule has 0 unspecified atom stereocenters. The molecule has 0 atom stereocenters. The van der Waals surface area contributed by atoms with Gasteiger partial charge in [-0.05, 0) is 12.5 Å². The molecule has 2 rings (SSSR count). The highest BCUT2D eigenvalue weighted by molar-refractivity contribution is 5.09. The van der Waals surface area contributed by atoms with E-state index in [2.05, 4.69) is 4.98 Å². The standard InChI is InChI=1S/C11H12N2O3/c1-2-9-6-13(11(15)12-10(9)14)5-8-3-4-16-7-8/h3-4,6-7H,2,5H2,1H3,(H,12,14,15). The molecule has 0 bridgehead atoms. The van der Waals surface area contributed by atoms with E-state index < -0.39 is 5.69 Å². The number of nitrogens with one attached hydrogen (secondary N) is 1. The molecule has 0 saturated heterocycles. The SMILES string of the molecule is CCc1cn(Cc2ccoc2)c(=O)[nH]c1=O. The molecule has 0 saturated carbocycles. The Labute approximate surface area is 91.3 Å². The first kappa shape index (κ1) is 10.5. The molecule has 0 aliphatic heterocycles. The van der Waals surface area contributed by atoms with Gasteiger partial charge < -0.3 is 4.42 Å². The summed E-state index contributed by atoms with van der Waals surface area (Å²) < 4.78 is 6.38. The second kappa shape index (κ2) is 4.22. The normalized spacial score (nSPS) is 10.6. The summed E-state index contributed by atoms with van der Waals surface area (Å²) in [6.45, 7) is 2.27. The zero-order valence-corrected chi connectivity index (χ0v) is 8.90. The van der Waals surface area contributed by atoms with E-state index in [1.807, 2.05) is 6.92 Å². The van der Waals surface area contributed by atoms with Gasteiger partial charge in [-0.2, -0.15) is 0 Å². The van der Waals surface area contributed by atoms with Crippen molar-refractivity contribution in [3.05, 3.63) is 56.8 Å². The fourth-order valence-electron chi connectivity index (χ4n) is 1.50. The van der Waals surface area contributed by atoms with E-state index in [4.69, 9.17) is 4.42 Å². The minimum absolute atomic E-state index is 0.309. The minimum Gasteiger partial charge on any atom is -0.472 e. The predicted molar refractivity (Wildman–Crippen MR) is 58.5 cm³/mol. The van der Waals surface area contributed by atoms with Gasteiger partial charge in [-0.3, -0.25) is 14.3 Å². The van der Waals surface area contributed by atoms with Gasteiger partial charge in [0, 0.05) is 17.3 Å². The number of rotatable bonds is 3. The van der Waals surface area contributed by atoms with Crippen LogP contribution in [0.25, 0.3) is 0 Å². The summed E-state index contributed by atoms with van der Waals surface area (Å²) in [4.78, 5) is 25.1. The van der Waals surface area contributed by atoms with Crippen molar-refractivity contribution < 1.29 is 4.42 Å². The van der Waals surface area contributed by atoms with Crippen LogP contribution in [0.4, 0.5) is 0 Å². The fraction of sp³-hybridized carbons (Fsp3) is 0.273. The maximum absolute atomic E-state index is 11.5. The second-order valence-corrected chi connectivity index (χ2v) is 3.53. The van der Waals surface area contributed by atoms with E-state index in [-0.39, 0.29) is 5.56 Å². The van der Waals surface area contributed by atoms with Crippen LogP contribution in [0.15, 0.2) is 38.8 Å². The first-order valence-electron chi connectivity index (χ1n) is 5.04. The third-order valence-electron chi connectivity index (χ3n) is 2.40. The maximum atomic E-state index is 11.5. The van der Waals surface area contributed by atoms with Gasteiger partial charge in [0.1, 0.15) is 0 Å². The molecule has 0 aromatic carbocycles. The number of furan rings is 1. The number of H-pyrrole nitrogens is 1. The van der Waals surface area contributed by atoms with Gasteiger partial charge in [-0.15, -0.1) is 0 Å². The third kappa shape index (κ3) is 1.98. The lowest BCUT2D eigenvalue weighted by Crippen LogP contribution is -2.31. The molecule has 5 heteroatoms. The van der Waals surface area contributed by atoms with Crippen LogP contribution in [0.3, 0.4) is 0 Å². The smallest absolute Gasteiger partial charge is 0.328 e. The summed E-state index contributed by atoms with van der Waals surface area (Å²) in [6, 6.07) is 1.78. The van der Waals surface area contributed by atoms with Crippen LogP contribution in [0.5, 0.6) is 0 Å². The maximum Gasteiger partial charge on any atom is 0.328 e. The van der Waals surface area contributed by atoms with E-state index in [0.29, 0.717) is 18.5 Å². The molecule has 0 spiro atoms. The molecule has 0 fully saturated rings. The summed E-state index contributed by atoms with van der Waals surface area (Å²) in [6.07, 6.45) is 5.31. The van der Waals surface area contributed by atoms with Crippen LogP contribution in [0.2, 0.25) is 0 Å². The van der Waals surface area contributed by atoms with Gasteiger partial charge in [-0.1, -0.05) is 6.92 Å². The van der Waals surface area contributed by atoms with E-state index in [1.165, 1.54) is 4.57 Å². The number of aryl methyl sites for hydroxylation is 1. The minimum atomic E-state index is -0.400. The Bertz CT molecular complexity index is 578. The van der Waals surface area contributed by atoms with Crippen LogP contribution in [-0.2, 0) is 13.0 Å². The van der Waals surface area contributed by atoms with Gasteiger partial charge in [-0.25, -0.2) is 4.79 Å². The van der Waals surface area contributed by atoms with Gasteiger partial charge in [0.15, 0.2) is 0 Å². The Morgan fingerprint density at radius 2 is 2.25 bits per heavy atom. The van der Waals surface area contributed by atoms with Gasteiger partial charge in [0.05, 0.1) is 19.1 Å². The van der Waals surface area contributed by atoms with Crippen molar-refractivity contribution in [1.82, 2.24) is 9.55 Å². The molecule has 0 aliphatic rings. The topological polar surface area (TPSA) is 68.0 Å². The van der Waals surface area contributed by atoms with Crippen molar-refractivity contribution in [3.63, 3.8) is 0 Å². The third-order valence-corrected chi connectivity index (χ3v) is 2.40. The average molecular weight is 220 g/mol. The van der Waals surface area contributed by atoms with Crippen molar-refractivity contribution in [1.29, 1.82) is 0 Å². The quantitative estimate of drug-likeness (QED) is 0.829. The molecule has 0 amide bonds. The molecule has 84 valence electrons. The van der Waals surface area contributed by atoms with E-state index >= 15 is 0 Å². The molecule has 16 heavy (non-hydrogen) atoms. The fourth-order valence-corrected chi connectivity index (χ4v) is 1.50. The highest BCUT2D eigenvalue weighted by Gasteiger charge is 2.04. The van der Waals surface area contributed by atoms with Crippen molar-refractivity contribution in [2.45, 2.75) is 19.9 Å². The van der Waals surface area contributed by atoms with Gasteiger partial charge >= 0.3 is 5.69 Å². The zero-order chi connectivity index (χ0) is 11.5. The Morgan fingerprint density at radius 1 is 1.44 bits per heavy atom. The number of nitrogens with zero attached hydrogens (tertiary/aromatic N) is 1. The molecular formula is C11H12N2O3. The number of hydrogen-bond acceptors (Lipinski definition) is 3. The molecular weight excluding hydrogens is 208 g/mol. The molecule has 0 aliphatic carbocycles. The highest BCUT2D eigenvalue weighted by atomic mass is 16.3. The molecule has 2 heterocycles. The molecule has 0 radical (unpaired) electrons. The first-order chi connectivity index (χ1) is 7.70.